The Balaban J connectivity index is 1.58. The topological polar surface area (TPSA) is 60.2 Å². The van der Waals surface area contributed by atoms with E-state index in [1.54, 1.807) is 11.1 Å². The summed E-state index contributed by atoms with van der Waals surface area (Å²) < 4.78 is 0. The van der Waals surface area contributed by atoms with Crippen molar-refractivity contribution in [3.8, 4) is 6.07 Å². The number of aromatic nitrogens is 1. The maximum atomic E-state index is 12.9. The van der Waals surface area contributed by atoms with Crippen molar-refractivity contribution in [2.75, 3.05) is 31.6 Å². The Morgan fingerprint density at radius 3 is 2.88 bits per heavy atom. The molecule has 3 rings (SSSR count). The van der Waals surface area contributed by atoms with E-state index in [0.717, 1.165) is 37.3 Å². The quantitative estimate of drug-likeness (QED) is 0.834. The van der Waals surface area contributed by atoms with Crippen molar-refractivity contribution in [3.05, 3.63) is 59.8 Å². The van der Waals surface area contributed by atoms with Crippen molar-refractivity contribution >= 4 is 11.7 Å². The van der Waals surface area contributed by atoms with Crippen molar-refractivity contribution in [2.24, 2.45) is 5.92 Å². The number of likely N-dealkylation sites (N-methyl/N-ethyl adjacent to an activating group) is 1. The number of amides is 1. The van der Waals surface area contributed by atoms with Crippen molar-refractivity contribution in [3.63, 3.8) is 0 Å². The minimum atomic E-state index is 0.00182. The zero-order valence-corrected chi connectivity index (χ0v) is 15.1. The van der Waals surface area contributed by atoms with Crippen LogP contribution >= 0.6 is 0 Å². The molecule has 5 nitrogen and oxygen atoms in total. The number of carbonyl (C=O) groups is 1. The first-order valence-electron chi connectivity index (χ1n) is 9.08. The van der Waals surface area contributed by atoms with E-state index >= 15 is 0 Å². The molecule has 2 aromatic rings. The van der Waals surface area contributed by atoms with E-state index < -0.39 is 0 Å². The SMILES string of the molecule is CN(CCc1ccccc1C#N)C(=O)C1CCCN(c2ccccn2)C1. The van der Waals surface area contributed by atoms with Crippen LogP contribution in [0.4, 0.5) is 5.82 Å². The molecule has 0 radical (unpaired) electrons. The van der Waals surface area contributed by atoms with Gasteiger partial charge in [0.15, 0.2) is 0 Å². The zero-order chi connectivity index (χ0) is 18.4. The maximum absolute atomic E-state index is 12.9. The van der Waals surface area contributed by atoms with Gasteiger partial charge < -0.3 is 9.80 Å². The highest BCUT2D eigenvalue weighted by Gasteiger charge is 2.28. The van der Waals surface area contributed by atoms with Crippen LogP contribution < -0.4 is 4.90 Å². The zero-order valence-electron chi connectivity index (χ0n) is 15.1. The van der Waals surface area contributed by atoms with Gasteiger partial charge in [-0.05, 0) is 43.0 Å². The third kappa shape index (κ3) is 4.20. The second-order valence-electron chi connectivity index (χ2n) is 6.75. The Kier molecular flexibility index (Phi) is 5.85. The molecule has 1 atom stereocenters. The largest absolute Gasteiger partial charge is 0.356 e. The highest BCUT2D eigenvalue weighted by Crippen LogP contribution is 2.22. The molecule has 1 aromatic heterocycles. The van der Waals surface area contributed by atoms with Gasteiger partial charge in [0.1, 0.15) is 5.82 Å². The molecule has 1 aliphatic heterocycles. The number of nitrogens with zero attached hydrogens (tertiary/aromatic N) is 4. The highest BCUT2D eigenvalue weighted by molar-refractivity contribution is 5.79. The summed E-state index contributed by atoms with van der Waals surface area (Å²) in [5.74, 6) is 1.12. The monoisotopic (exact) mass is 348 g/mol. The Morgan fingerprint density at radius 2 is 2.12 bits per heavy atom. The molecular weight excluding hydrogens is 324 g/mol. The average Bonchev–Trinajstić information content (AvgIpc) is 2.72. The van der Waals surface area contributed by atoms with Gasteiger partial charge in [0.2, 0.25) is 5.91 Å². The average molecular weight is 348 g/mol. The van der Waals surface area contributed by atoms with E-state index in [4.69, 9.17) is 0 Å². The number of carbonyl (C=O) groups excluding carboxylic acids is 1. The third-order valence-corrected chi connectivity index (χ3v) is 4.97. The van der Waals surface area contributed by atoms with Gasteiger partial charge in [-0.15, -0.1) is 0 Å². The number of anilines is 1. The maximum Gasteiger partial charge on any atom is 0.227 e. The predicted molar refractivity (Wildman–Crippen MR) is 102 cm³/mol. The summed E-state index contributed by atoms with van der Waals surface area (Å²) >= 11 is 0. The van der Waals surface area contributed by atoms with Gasteiger partial charge in [0.05, 0.1) is 17.6 Å². The van der Waals surface area contributed by atoms with E-state index in [1.807, 2.05) is 49.5 Å². The molecule has 0 aliphatic carbocycles. The first-order chi connectivity index (χ1) is 12.7. The fraction of sp³-hybridized carbons (Fsp3) is 0.381. The van der Waals surface area contributed by atoms with E-state index in [0.29, 0.717) is 18.5 Å². The van der Waals surface area contributed by atoms with E-state index in [-0.39, 0.29) is 11.8 Å². The summed E-state index contributed by atoms with van der Waals surface area (Å²) in [6, 6.07) is 15.7. The van der Waals surface area contributed by atoms with Crippen LogP contribution in [-0.2, 0) is 11.2 Å². The van der Waals surface area contributed by atoms with Crippen LogP contribution in [0.5, 0.6) is 0 Å². The number of rotatable bonds is 5. The molecule has 1 aliphatic rings. The van der Waals surface area contributed by atoms with Crippen molar-refractivity contribution < 1.29 is 4.79 Å². The van der Waals surface area contributed by atoms with Gasteiger partial charge in [-0.1, -0.05) is 24.3 Å². The molecule has 0 saturated carbocycles. The summed E-state index contributed by atoms with van der Waals surface area (Å²) in [5, 5.41) is 9.19. The van der Waals surface area contributed by atoms with E-state index in [1.165, 1.54) is 0 Å². The number of benzene rings is 1. The van der Waals surface area contributed by atoms with Gasteiger partial charge in [-0.3, -0.25) is 4.79 Å². The molecule has 0 N–H and O–H groups in total. The molecule has 1 amide bonds. The van der Waals surface area contributed by atoms with Crippen molar-refractivity contribution in [1.29, 1.82) is 5.26 Å². The van der Waals surface area contributed by atoms with E-state index in [9.17, 15) is 10.1 Å². The molecule has 0 spiro atoms. The standard InChI is InChI=1S/C21H24N4O/c1-24(14-11-17-7-2-3-8-18(17)15-22)21(26)19-9-6-13-25(16-19)20-10-4-5-12-23-20/h2-5,7-8,10,12,19H,6,9,11,13-14,16H2,1H3. The number of hydrogen-bond acceptors (Lipinski definition) is 4. The van der Waals surface area contributed by atoms with Crippen LogP contribution in [0, 0.1) is 17.2 Å². The lowest BCUT2D eigenvalue weighted by atomic mass is 9.96. The molecule has 2 heterocycles. The summed E-state index contributed by atoms with van der Waals surface area (Å²) in [5.41, 5.74) is 1.68. The Bertz CT molecular complexity index is 784. The minimum Gasteiger partial charge on any atom is -0.356 e. The number of hydrogen-bond donors (Lipinski definition) is 0. The van der Waals surface area contributed by atoms with Gasteiger partial charge in [0.25, 0.3) is 0 Å². The fourth-order valence-corrected chi connectivity index (χ4v) is 3.49. The van der Waals surface area contributed by atoms with Crippen molar-refractivity contribution in [1.82, 2.24) is 9.88 Å². The normalized spacial score (nSPS) is 16.8. The fourth-order valence-electron chi connectivity index (χ4n) is 3.49. The van der Waals surface area contributed by atoms with Gasteiger partial charge in [-0.25, -0.2) is 4.98 Å². The molecule has 26 heavy (non-hydrogen) atoms. The molecule has 1 aromatic carbocycles. The van der Waals surface area contributed by atoms with E-state index in [2.05, 4.69) is 16.0 Å². The number of piperidine rings is 1. The van der Waals surface area contributed by atoms with Crippen LogP contribution in [0.3, 0.4) is 0 Å². The smallest absolute Gasteiger partial charge is 0.227 e. The Morgan fingerprint density at radius 1 is 1.31 bits per heavy atom. The second-order valence-corrected chi connectivity index (χ2v) is 6.75. The predicted octanol–water partition coefficient (Wildman–Crippen LogP) is 2.87. The molecule has 1 unspecified atom stereocenters. The van der Waals surface area contributed by atoms with Gasteiger partial charge >= 0.3 is 0 Å². The van der Waals surface area contributed by atoms with Crippen LogP contribution in [0.1, 0.15) is 24.0 Å². The first-order valence-corrected chi connectivity index (χ1v) is 9.08. The molecule has 0 bridgehead atoms. The second kappa shape index (κ2) is 8.48. The summed E-state index contributed by atoms with van der Waals surface area (Å²) in [7, 11) is 1.86. The lowest BCUT2D eigenvalue weighted by molar-refractivity contribution is -0.134. The summed E-state index contributed by atoms with van der Waals surface area (Å²) in [6.07, 6.45) is 4.40. The third-order valence-electron chi connectivity index (χ3n) is 4.97. The highest BCUT2D eigenvalue weighted by atomic mass is 16.2. The van der Waals surface area contributed by atoms with Crippen LogP contribution in [0.15, 0.2) is 48.7 Å². The molecular formula is C21H24N4O. The molecule has 134 valence electrons. The lowest BCUT2D eigenvalue weighted by Gasteiger charge is -2.34. The van der Waals surface area contributed by atoms with Crippen LogP contribution in [0.25, 0.3) is 0 Å². The summed E-state index contributed by atoms with van der Waals surface area (Å²) in [4.78, 5) is 21.3. The first kappa shape index (κ1) is 17.9. The summed E-state index contributed by atoms with van der Waals surface area (Å²) in [6.45, 7) is 2.28. The van der Waals surface area contributed by atoms with Crippen molar-refractivity contribution in [2.45, 2.75) is 19.3 Å². The Hall–Kier alpha value is -2.87. The number of nitriles is 1. The van der Waals surface area contributed by atoms with Crippen LogP contribution in [-0.4, -0.2) is 42.5 Å². The number of pyridine rings is 1. The lowest BCUT2D eigenvalue weighted by Crippen LogP contribution is -2.44. The molecule has 1 saturated heterocycles. The van der Waals surface area contributed by atoms with Crippen LogP contribution in [0.2, 0.25) is 0 Å². The minimum absolute atomic E-state index is 0.00182. The molecule has 5 heteroatoms. The van der Waals surface area contributed by atoms with Gasteiger partial charge in [0, 0.05) is 32.9 Å². The van der Waals surface area contributed by atoms with Gasteiger partial charge in [-0.2, -0.15) is 5.26 Å². The Labute approximate surface area is 154 Å². The molecule has 1 fully saturated rings.